The predicted molar refractivity (Wildman–Crippen MR) is 61.8 cm³/mol. The van der Waals surface area contributed by atoms with Gasteiger partial charge in [0.1, 0.15) is 0 Å². The average molecular weight is 240 g/mol. The molecule has 86 valence electrons. The molecule has 0 bridgehead atoms. The Labute approximate surface area is 100 Å². The van der Waals surface area contributed by atoms with Crippen LogP contribution < -0.4 is 10.0 Å². The van der Waals surface area contributed by atoms with Crippen LogP contribution in [-0.2, 0) is 6.42 Å². The van der Waals surface area contributed by atoms with Crippen molar-refractivity contribution in [1.82, 2.24) is 5.32 Å². The summed E-state index contributed by atoms with van der Waals surface area (Å²) in [5, 5.41) is 23.0. The van der Waals surface area contributed by atoms with Crippen LogP contribution in [0.15, 0.2) is 18.3 Å². The maximum atomic E-state index is 11.2. The van der Waals surface area contributed by atoms with Crippen LogP contribution in [0.3, 0.4) is 0 Å². The molecule has 1 N–H and O–H groups in total. The molecule has 1 rings (SSSR count). The molecule has 0 spiro atoms. The smallest absolute Gasteiger partial charge is 0.286 e. The molecule has 1 unspecified atom stereocenters. The van der Waals surface area contributed by atoms with Gasteiger partial charge in [-0.05, 0) is 31.0 Å². The van der Waals surface area contributed by atoms with Gasteiger partial charge in [-0.2, -0.15) is 9.99 Å². The van der Waals surface area contributed by atoms with Crippen LogP contribution in [0.1, 0.15) is 18.9 Å². The average Bonchev–Trinajstić information content (AvgIpc) is 2.24. The summed E-state index contributed by atoms with van der Waals surface area (Å²) in [7, 11) is 0. The quantitative estimate of drug-likeness (QED) is 0.366. The molecule has 0 saturated carbocycles. The lowest BCUT2D eigenvalue weighted by atomic mass is 10.1. The summed E-state index contributed by atoms with van der Waals surface area (Å²) in [6.45, 7) is 2.68. The number of rotatable bonds is 5. The first kappa shape index (κ1) is 12.8. The molecule has 1 aromatic heterocycles. The molecular formula is C11H14ClN3O. The Morgan fingerprint density at radius 2 is 2.38 bits per heavy atom. The standard InChI is InChI=1S/C11H14ClN3O/c1-9(14-6-2-5-13)7-10-3-4-11(12)15(16)8-10/h3-4,8-9,14H,2,6-7H2,1H3. The van der Waals surface area contributed by atoms with Gasteiger partial charge in [-0.1, -0.05) is 0 Å². The third kappa shape index (κ3) is 4.05. The molecule has 0 fully saturated rings. The number of aromatic nitrogens is 1. The van der Waals surface area contributed by atoms with Gasteiger partial charge in [0.15, 0.2) is 6.20 Å². The monoisotopic (exact) mass is 239 g/mol. The number of halogens is 1. The van der Waals surface area contributed by atoms with E-state index in [4.69, 9.17) is 16.9 Å². The molecule has 0 saturated heterocycles. The Morgan fingerprint density at radius 3 is 3.00 bits per heavy atom. The molecule has 1 heterocycles. The molecule has 5 heteroatoms. The minimum atomic E-state index is 0.175. The third-order valence-corrected chi connectivity index (χ3v) is 2.49. The van der Waals surface area contributed by atoms with Gasteiger partial charge >= 0.3 is 0 Å². The summed E-state index contributed by atoms with van der Waals surface area (Å²) < 4.78 is 0.652. The minimum Gasteiger partial charge on any atom is -0.618 e. The van der Waals surface area contributed by atoms with Gasteiger partial charge in [-0.25, -0.2) is 0 Å². The van der Waals surface area contributed by atoms with Gasteiger partial charge in [0.05, 0.1) is 6.07 Å². The molecule has 1 aromatic rings. The van der Waals surface area contributed by atoms with Gasteiger partial charge in [0.25, 0.3) is 5.15 Å². The molecule has 1 atom stereocenters. The van der Waals surface area contributed by atoms with E-state index in [1.807, 2.05) is 13.0 Å². The number of pyridine rings is 1. The van der Waals surface area contributed by atoms with Crippen LogP contribution in [-0.4, -0.2) is 12.6 Å². The lowest BCUT2D eigenvalue weighted by Crippen LogP contribution is -2.31. The van der Waals surface area contributed by atoms with Gasteiger partial charge in [-0.3, -0.25) is 0 Å². The predicted octanol–water partition coefficient (Wildman–Crippen LogP) is 1.41. The number of hydrogen-bond donors (Lipinski definition) is 1. The van der Waals surface area contributed by atoms with Crippen LogP contribution >= 0.6 is 11.6 Å². The Balaban J connectivity index is 2.47. The van der Waals surface area contributed by atoms with Crippen molar-refractivity contribution in [2.75, 3.05) is 6.54 Å². The fourth-order valence-electron chi connectivity index (χ4n) is 1.43. The molecule has 0 aliphatic heterocycles. The molecule has 16 heavy (non-hydrogen) atoms. The van der Waals surface area contributed by atoms with E-state index in [1.165, 1.54) is 6.20 Å². The Bertz CT molecular complexity index is 389. The van der Waals surface area contributed by atoms with Crippen LogP contribution in [0.5, 0.6) is 0 Å². The second-order valence-corrected chi connectivity index (χ2v) is 4.04. The van der Waals surface area contributed by atoms with Gasteiger partial charge in [0, 0.05) is 30.6 Å². The fourth-order valence-corrected chi connectivity index (χ4v) is 1.54. The Morgan fingerprint density at radius 1 is 1.62 bits per heavy atom. The summed E-state index contributed by atoms with van der Waals surface area (Å²) in [6, 6.07) is 5.72. The van der Waals surface area contributed by atoms with E-state index in [0.717, 1.165) is 12.0 Å². The minimum absolute atomic E-state index is 0.175. The first-order valence-electron chi connectivity index (χ1n) is 5.11. The van der Waals surface area contributed by atoms with Crippen molar-refractivity contribution in [1.29, 1.82) is 5.26 Å². The van der Waals surface area contributed by atoms with E-state index in [9.17, 15) is 5.21 Å². The highest BCUT2D eigenvalue weighted by molar-refractivity contribution is 6.28. The van der Waals surface area contributed by atoms with Crippen LogP contribution in [0.25, 0.3) is 0 Å². The van der Waals surface area contributed by atoms with Gasteiger partial charge in [-0.15, -0.1) is 0 Å². The largest absolute Gasteiger partial charge is 0.618 e. The van der Waals surface area contributed by atoms with E-state index >= 15 is 0 Å². The van der Waals surface area contributed by atoms with Crippen molar-refractivity contribution in [3.8, 4) is 6.07 Å². The summed E-state index contributed by atoms with van der Waals surface area (Å²) in [5.74, 6) is 0. The molecule has 0 aliphatic rings. The molecule has 0 radical (unpaired) electrons. The molecular weight excluding hydrogens is 226 g/mol. The molecule has 0 aromatic carbocycles. The maximum absolute atomic E-state index is 11.2. The molecule has 4 nitrogen and oxygen atoms in total. The third-order valence-electron chi connectivity index (χ3n) is 2.20. The van der Waals surface area contributed by atoms with Crippen molar-refractivity contribution in [3.05, 3.63) is 34.3 Å². The molecule has 0 amide bonds. The highest BCUT2D eigenvalue weighted by atomic mass is 35.5. The number of nitriles is 1. The second kappa shape index (κ2) is 6.31. The van der Waals surface area contributed by atoms with Crippen molar-refractivity contribution in [2.45, 2.75) is 25.8 Å². The lowest BCUT2D eigenvalue weighted by Gasteiger charge is -2.12. The SMILES string of the molecule is CC(Cc1ccc(Cl)[n+]([O-])c1)NCCC#N. The molecule has 0 aliphatic carbocycles. The highest BCUT2D eigenvalue weighted by Crippen LogP contribution is 2.05. The summed E-state index contributed by atoms with van der Waals surface area (Å²) in [6.07, 6.45) is 2.71. The van der Waals surface area contributed by atoms with E-state index in [0.29, 0.717) is 17.7 Å². The number of hydrogen-bond acceptors (Lipinski definition) is 3. The van der Waals surface area contributed by atoms with Gasteiger partial charge < -0.3 is 10.5 Å². The van der Waals surface area contributed by atoms with Crippen molar-refractivity contribution in [2.24, 2.45) is 0 Å². The van der Waals surface area contributed by atoms with Crippen molar-refractivity contribution in [3.63, 3.8) is 0 Å². The normalized spacial score (nSPS) is 12.1. The summed E-state index contributed by atoms with van der Waals surface area (Å²) >= 11 is 5.62. The number of nitrogens with one attached hydrogen (secondary N) is 1. The first-order chi connectivity index (χ1) is 7.63. The van der Waals surface area contributed by atoms with Crippen LogP contribution in [0.4, 0.5) is 0 Å². The van der Waals surface area contributed by atoms with Crippen LogP contribution in [0, 0.1) is 16.5 Å². The second-order valence-electron chi connectivity index (χ2n) is 3.65. The Kier molecular flexibility index (Phi) is 5.03. The zero-order valence-electron chi connectivity index (χ0n) is 9.11. The van der Waals surface area contributed by atoms with Crippen molar-refractivity contribution < 1.29 is 4.73 Å². The van der Waals surface area contributed by atoms with E-state index in [-0.39, 0.29) is 11.2 Å². The fraction of sp³-hybridized carbons (Fsp3) is 0.455. The lowest BCUT2D eigenvalue weighted by molar-refractivity contribution is -0.603. The zero-order chi connectivity index (χ0) is 12.0. The highest BCUT2D eigenvalue weighted by Gasteiger charge is 2.07. The van der Waals surface area contributed by atoms with Crippen LogP contribution in [0.2, 0.25) is 5.15 Å². The Hall–Kier alpha value is -1.31. The van der Waals surface area contributed by atoms with E-state index in [1.54, 1.807) is 6.07 Å². The van der Waals surface area contributed by atoms with Crippen molar-refractivity contribution >= 4 is 11.6 Å². The summed E-state index contributed by atoms with van der Waals surface area (Å²) in [4.78, 5) is 0. The first-order valence-corrected chi connectivity index (χ1v) is 5.49. The topological polar surface area (TPSA) is 62.8 Å². The zero-order valence-corrected chi connectivity index (χ0v) is 9.87. The van der Waals surface area contributed by atoms with E-state index in [2.05, 4.69) is 11.4 Å². The van der Waals surface area contributed by atoms with Gasteiger partial charge in [0.2, 0.25) is 0 Å². The van der Waals surface area contributed by atoms with E-state index < -0.39 is 0 Å². The summed E-state index contributed by atoms with van der Waals surface area (Å²) in [5.41, 5.74) is 0.927. The number of nitrogens with zero attached hydrogens (tertiary/aromatic N) is 2. The maximum Gasteiger partial charge on any atom is 0.286 e.